The average molecular weight is 269 g/mol. The standard InChI is InChI=1S/C14H15N5O/c1-2-6-16-14-17-9-5-12(19-14)13(20)18-10-11-3-7-15-8-4-11/h2-5,7-9H,1,6,10H2,(H,18,20)(H,16,17,19). The summed E-state index contributed by atoms with van der Waals surface area (Å²) in [5.41, 5.74) is 1.30. The second-order valence-corrected chi connectivity index (χ2v) is 3.97. The van der Waals surface area contributed by atoms with Crippen LogP contribution in [-0.2, 0) is 6.54 Å². The van der Waals surface area contributed by atoms with E-state index in [0.717, 1.165) is 5.56 Å². The first-order valence-electron chi connectivity index (χ1n) is 6.14. The van der Waals surface area contributed by atoms with Crippen LogP contribution in [0.2, 0.25) is 0 Å². The SMILES string of the molecule is C=CCNc1nccc(C(=O)NCc2ccncc2)n1. The van der Waals surface area contributed by atoms with Crippen LogP contribution in [0.25, 0.3) is 0 Å². The zero-order chi connectivity index (χ0) is 14.2. The third-order valence-electron chi connectivity index (χ3n) is 2.50. The predicted octanol–water partition coefficient (Wildman–Crippen LogP) is 1.40. The predicted molar refractivity (Wildman–Crippen MR) is 76.1 cm³/mol. The zero-order valence-corrected chi connectivity index (χ0v) is 10.9. The van der Waals surface area contributed by atoms with Crippen LogP contribution < -0.4 is 10.6 Å². The van der Waals surface area contributed by atoms with Gasteiger partial charge in [0.05, 0.1) is 0 Å². The van der Waals surface area contributed by atoms with Gasteiger partial charge in [0, 0.05) is 31.7 Å². The van der Waals surface area contributed by atoms with Crippen molar-refractivity contribution >= 4 is 11.9 Å². The lowest BCUT2D eigenvalue weighted by Crippen LogP contribution is -2.24. The molecular formula is C14H15N5O. The maximum Gasteiger partial charge on any atom is 0.270 e. The van der Waals surface area contributed by atoms with Gasteiger partial charge in [0.15, 0.2) is 0 Å². The number of carbonyl (C=O) groups is 1. The maximum atomic E-state index is 12.0. The van der Waals surface area contributed by atoms with E-state index in [1.807, 2.05) is 12.1 Å². The Morgan fingerprint density at radius 3 is 2.80 bits per heavy atom. The number of hydrogen-bond donors (Lipinski definition) is 2. The summed E-state index contributed by atoms with van der Waals surface area (Å²) in [6.45, 7) is 4.57. The highest BCUT2D eigenvalue weighted by molar-refractivity contribution is 5.92. The molecule has 0 aliphatic rings. The third-order valence-corrected chi connectivity index (χ3v) is 2.50. The Balaban J connectivity index is 1.96. The van der Waals surface area contributed by atoms with E-state index in [9.17, 15) is 4.79 Å². The lowest BCUT2D eigenvalue weighted by Gasteiger charge is -2.06. The minimum absolute atomic E-state index is 0.245. The molecule has 0 aromatic carbocycles. The number of aromatic nitrogens is 3. The number of hydrogen-bond acceptors (Lipinski definition) is 5. The molecule has 2 aromatic heterocycles. The van der Waals surface area contributed by atoms with E-state index in [0.29, 0.717) is 24.7 Å². The number of nitrogens with one attached hydrogen (secondary N) is 2. The summed E-state index contributed by atoms with van der Waals surface area (Å²) in [5.74, 6) is 0.160. The summed E-state index contributed by atoms with van der Waals surface area (Å²) in [6, 6.07) is 5.26. The van der Waals surface area contributed by atoms with Crippen LogP contribution in [0.4, 0.5) is 5.95 Å². The Labute approximate surface area is 117 Å². The smallest absolute Gasteiger partial charge is 0.270 e. The molecule has 2 rings (SSSR count). The Hall–Kier alpha value is -2.76. The molecule has 2 aromatic rings. The normalized spacial score (nSPS) is 9.80. The largest absolute Gasteiger partial charge is 0.351 e. The molecule has 2 N–H and O–H groups in total. The molecule has 0 fully saturated rings. The molecule has 0 bridgehead atoms. The Morgan fingerprint density at radius 2 is 2.05 bits per heavy atom. The monoisotopic (exact) mass is 269 g/mol. The third kappa shape index (κ3) is 3.88. The van der Waals surface area contributed by atoms with Gasteiger partial charge in [0.2, 0.25) is 5.95 Å². The van der Waals surface area contributed by atoms with E-state index in [2.05, 4.69) is 32.2 Å². The summed E-state index contributed by atoms with van der Waals surface area (Å²) < 4.78 is 0. The fraction of sp³-hybridized carbons (Fsp3) is 0.143. The van der Waals surface area contributed by atoms with Gasteiger partial charge in [-0.1, -0.05) is 6.08 Å². The number of carbonyl (C=O) groups excluding carboxylic acids is 1. The molecule has 0 saturated heterocycles. The zero-order valence-electron chi connectivity index (χ0n) is 10.9. The Kier molecular flexibility index (Phi) is 4.77. The first kappa shape index (κ1) is 13.7. The summed E-state index contributed by atoms with van der Waals surface area (Å²) in [6.07, 6.45) is 6.60. The van der Waals surface area contributed by atoms with Gasteiger partial charge in [-0.15, -0.1) is 6.58 Å². The van der Waals surface area contributed by atoms with Gasteiger partial charge in [-0.05, 0) is 23.8 Å². The van der Waals surface area contributed by atoms with Gasteiger partial charge in [0.1, 0.15) is 5.69 Å². The van der Waals surface area contributed by atoms with Gasteiger partial charge in [-0.2, -0.15) is 0 Å². The molecule has 0 aliphatic carbocycles. The summed E-state index contributed by atoms with van der Waals surface area (Å²) in [7, 11) is 0. The van der Waals surface area contributed by atoms with E-state index in [-0.39, 0.29) is 5.91 Å². The first-order valence-corrected chi connectivity index (χ1v) is 6.14. The quantitative estimate of drug-likeness (QED) is 0.775. The van der Waals surface area contributed by atoms with Crippen LogP contribution >= 0.6 is 0 Å². The molecule has 0 unspecified atom stereocenters. The number of nitrogens with zero attached hydrogens (tertiary/aromatic N) is 3. The molecule has 0 spiro atoms. The molecule has 20 heavy (non-hydrogen) atoms. The second kappa shape index (κ2) is 6.98. The molecule has 6 heteroatoms. The molecular weight excluding hydrogens is 254 g/mol. The second-order valence-electron chi connectivity index (χ2n) is 3.97. The topological polar surface area (TPSA) is 79.8 Å². The van der Waals surface area contributed by atoms with Crippen LogP contribution in [0, 0.1) is 0 Å². The molecule has 0 radical (unpaired) electrons. The first-order chi connectivity index (χ1) is 9.79. The molecule has 0 aliphatic heterocycles. The van der Waals surface area contributed by atoms with Crippen molar-refractivity contribution in [3.8, 4) is 0 Å². The molecule has 2 heterocycles. The van der Waals surface area contributed by atoms with Crippen LogP contribution in [0.15, 0.2) is 49.4 Å². The highest BCUT2D eigenvalue weighted by atomic mass is 16.1. The highest BCUT2D eigenvalue weighted by Crippen LogP contribution is 2.01. The Bertz CT molecular complexity index is 585. The lowest BCUT2D eigenvalue weighted by atomic mass is 10.2. The molecule has 1 amide bonds. The van der Waals surface area contributed by atoms with Gasteiger partial charge in [-0.25, -0.2) is 9.97 Å². The van der Waals surface area contributed by atoms with Crippen LogP contribution in [0.1, 0.15) is 16.1 Å². The van der Waals surface area contributed by atoms with Crippen molar-refractivity contribution in [2.75, 3.05) is 11.9 Å². The Morgan fingerprint density at radius 1 is 1.25 bits per heavy atom. The number of anilines is 1. The van der Waals surface area contributed by atoms with Crippen molar-refractivity contribution in [1.82, 2.24) is 20.3 Å². The van der Waals surface area contributed by atoms with Gasteiger partial charge in [0.25, 0.3) is 5.91 Å². The van der Waals surface area contributed by atoms with Gasteiger partial charge in [-0.3, -0.25) is 9.78 Å². The van der Waals surface area contributed by atoms with Crippen molar-refractivity contribution in [3.05, 3.63) is 60.7 Å². The molecule has 0 atom stereocenters. The number of pyridine rings is 1. The van der Waals surface area contributed by atoms with Crippen molar-refractivity contribution in [2.45, 2.75) is 6.54 Å². The van der Waals surface area contributed by atoms with Crippen molar-refractivity contribution in [1.29, 1.82) is 0 Å². The summed E-state index contributed by atoms with van der Waals surface area (Å²) in [5, 5.41) is 5.73. The van der Waals surface area contributed by atoms with Crippen molar-refractivity contribution in [3.63, 3.8) is 0 Å². The summed E-state index contributed by atoms with van der Waals surface area (Å²) >= 11 is 0. The number of rotatable bonds is 6. The fourth-order valence-corrected chi connectivity index (χ4v) is 1.51. The van der Waals surface area contributed by atoms with Crippen LogP contribution in [0.5, 0.6) is 0 Å². The van der Waals surface area contributed by atoms with Crippen molar-refractivity contribution < 1.29 is 4.79 Å². The molecule has 102 valence electrons. The van der Waals surface area contributed by atoms with Gasteiger partial charge >= 0.3 is 0 Å². The average Bonchev–Trinajstić information content (AvgIpc) is 2.52. The lowest BCUT2D eigenvalue weighted by molar-refractivity contribution is 0.0946. The highest BCUT2D eigenvalue weighted by Gasteiger charge is 2.08. The van der Waals surface area contributed by atoms with Gasteiger partial charge < -0.3 is 10.6 Å². The van der Waals surface area contributed by atoms with E-state index in [4.69, 9.17) is 0 Å². The molecule has 6 nitrogen and oxygen atoms in total. The van der Waals surface area contributed by atoms with Crippen LogP contribution in [0.3, 0.4) is 0 Å². The molecule has 0 saturated carbocycles. The summed E-state index contributed by atoms with van der Waals surface area (Å²) in [4.78, 5) is 24.0. The maximum absolute atomic E-state index is 12.0. The fourth-order valence-electron chi connectivity index (χ4n) is 1.51. The minimum atomic E-state index is -0.245. The van der Waals surface area contributed by atoms with E-state index >= 15 is 0 Å². The van der Waals surface area contributed by atoms with E-state index < -0.39 is 0 Å². The van der Waals surface area contributed by atoms with E-state index in [1.165, 1.54) is 0 Å². The van der Waals surface area contributed by atoms with Crippen molar-refractivity contribution in [2.24, 2.45) is 0 Å². The number of amides is 1. The van der Waals surface area contributed by atoms with Crippen LogP contribution in [-0.4, -0.2) is 27.4 Å². The minimum Gasteiger partial charge on any atom is -0.351 e. The van der Waals surface area contributed by atoms with E-state index in [1.54, 1.807) is 30.7 Å².